The van der Waals surface area contributed by atoms with E-state index in [0.29, 0.717) is 16.5 Å². The van der Waals surface area contributed by atoms with E-state index in [0.717, 1.165) is 0 Å². The van der Waals surface area contributed by atoms with Crippen LogP contribution in [0.25, 0.3) is 22.3 Å². The molecule has 1 aromatic carbocycles. The quantitative estimate of drug-likeness (QED) is 0.690. The lowest BCUT2D eigenvalue weighted by Gasteiger charge is -2.07. The lowest BCUT2D eigenvalue weighted by molar-refractivity contribution is 0.0524. The molecule has 0 aliphatic heterocycles. The molecule has 0 fully saturated rings. The Morgan fingerprint density at radius 3 is 2.76 bits per heavy atom. The Labute approximate surface area is 119 Å². The van der Waals surface area contributed by atoms with E-state index in [2.05, 4.69) is 0 Å². The van der Waals surface area contributed by atoms with Crippen LogP contribution in [-0.4, -0.2) is 12.6 Å². The molecule has 0 N–H and O–H groups in total. The number of carbonyl (C=O) groups is 1. The lowest BCUT2D eigenvalue weighted by atomic mass is 10.1. The van der Waals surface area contributed by atoms with Gasteiger partial charge in [0.2, 0.25) is 5.43 Å². The van der Waals surface area contributed by atoms with Crippen molar-refractivity contribution >= 4 is 16.9 Å². The molecule has 3 aromatic rings. The van der Waals surface area contributed by atoms with Crippen LogP contribution in [0, 0.1) is 0 Å². The maximum absolute atomic E-state index is 12.6. The molecule has 0 saturated heterocycles. The number of hydrogen-bond donors (Lipinski definition) is 0. The highest BCUT2D eigenvalue weighted by molar-refractivity contribution is 5.98. The summed E-state index contributed by atoms with van der Waals surface area (Å²) in [5.41, 5.74) is 0.399. The fourth-order valence-corrected chi connectivity index (χ4v) is 2.13. The van der Waals surface area contributed by atoms with Crippen molar-refractivity contribution in [3.63, 3.8) is 0 Å². The predicted octanol–water partition coefficient (Wildman–Crippen LogP) is 3.23. The van der Waals surface area contributed by atoms with E-state index in [4.69, 9.17) is 13.6 Å². The highest BCUT2D eigenvalue weighted by Crippen LogP contribution is 2.26. The molecule has 5 heteroatoms. The van der Waals surface area contributed by atoms with Crippen molar-refractivity contribution in [1.29, 1.82) is 0 Å². The third-order valence-electron chi connectivity index (χ3n) is 3.06. The van der Waals surface area contributed by atoms with Crippen molar-refractivity contribution in [2.45, 2.75) is 6.92 Å². The average Bonchev–Trinajstić information content (AvgIpc) is 3.01. The van der Waals surface area contributed by atoms with Crippen LogP contribution in [0.4, 0.5) is 0 Å². The summed E-state index contributed by atoms with van der Waals surface area (Å²) in [4.78, 5) is 24.7. The van der Waals surface area contributed by atoms with Crippen molar-refractivity contribution < 1.29 is 18.4 Å². The van der Waals surface area contributed by atoms with Gasteiger partial charge in [-0.15, -0.1) is 0 Å². The van der Waals surface area contributed by atoms with Gasteiger partial charge in [0.15, 0.2) is 11.3 Å². The smallest absolute Gasteiger partial charge is 0.346 e. The van der Waals surface area contributed by atoms with Crippen LogP contribution in [0.15, 0.2) is 56.5 Å². The first kappa shape index (κ1) is 13.2. The Kier molecular flexibility index (Phi) is 3.31. The fourth-order valence-electron chi connectivity index (χ4n) is 2.13. The van der Waals surface area contributed by atoms with Crippen LogP contribution in [0.5, 0.6) is 0 Å². The van der Waals surface area contributed by atoms with Gasteiger partial charge in [-0.1, -0.05) is 12.1 Å². The maximum Gasteiger partial charge on any atom is 0.346 e. The molecular formula is C16H12O5. The van der Waals surface area contributed by atoms with E-state index in [1.807, 2.05) is 0 Å². The third-order valence-corrected chi connectivity index (χ3v) is 3.06. The molecule has 3 rings (SSSR count). The SMILES string of the molecule is CCOC(=O)c1c(-c2ccoc2)oc2ccccc2c1=O. The van der Waals surface area contributed by atoms with Gasteiger partial charge in [0, 0.05) is 0 Å². The molecule has 2 heterocycles. The Morgan fingerprint density at radius 1 is 1.24 bits per heavy atom. The maximum atomic E-state index is 12.6. The number of benzene rings is 1. The van der Waals surface area contributed by atoms with Gasteiger partial charge < -0.3 is 13.6 Å². The van der Waals surface area contributed by atoms with E-state index in [1.165, 1.54) is 12.5 Å². The Morgan fingerprint density at radius 2 is 2.05 bits per heavy atom. The number of carbonyl (C=O) groups excluding carboxylic acids is 1. The summed E-state index contributed by atoms with van der Waals surface area (Å²) in [7, 11) is 0. The van der Waals surface area contributed by atoms with Gasteiger partial charge >= 0.3 is 5.97 Å². The summed E-state index contributed by atoms with van der Waals surface area (Å²) in [5.74, 6) is -0.542. The van der Waals surface area contributed by atoms with Crippen molar-refractivity contribution in [3.8, 4) is 11.3 Å². The summed E-state index contributed by atoms with van der Waals surface area (Å²) in [6.07, 6.45) is 2.86. The van der Waals surface area contributed by atoms with Crippen LogP contribution in [0.2, 0.25) is 0 Å². The zero-order chi connectivity index (χ0) is 14.8. The van der Waals surface area contributed by atoms with E-state index in [9.17, 15) is 9.59 Å². The first-order chi connectivity index (χ1) is 10.2. The third kappa shape index (κ3) is 2.23. The summed E-state index contributed by atoms with van der Waals surface area (Å²) in [6.45, 7) is 1.86. The Balaban J connectivity index is 2.36. The largest absolute Gasteiger partial charge is 0.472 e. The molecule has 0 saturated carbocycles. The van der Waals surface area contributed by atoms with Gasteiger partial charge in [0.05, 0.1) is 23.8 Å². The average molecular weight is 284 g/mol. The normalized spacial score (nSPS) is 10.7. The van der Waals surface area contributed by atoms with E-state index >= 15 is 0 Å². The van der Waals surface area contributed by atoms with Crippen LogP contribution in [-0.2, 0) is 4.74 Å². The topological polar surface area (TPSA) is 69.7 Å². The highest BCUT2D eigenvalue weighted by Gasteiger charge is 2.23. The molecule has 0 radical (unpaired) electrons. The number of furan rings is 1. The molecule has 106 valence electrons. The monoisotopic (exact) mass is 284 g/mol. The minimum atomic E-state index is -0.701. The first-order valence-corrected chi connectivity index (χ1v) is 6.48. The minimum absolute atomic E-state index is 0.114. The molecule has 0 amide bonds. The zero-order valence-corrected chi connectivity index (χ0v) is 11.3. The molecule has 21 heavy (non-hydrogen) atoms. The molecule has 0 bridgehead atoms. The second kappa shape index (κ2) is 5.28. The molecule has 5 nitrogen and oxygen atoms in total. The van der Waals surface area contributed by atoms with Gasteiger partial charge in [0.25, 0.3) is 0 Å². The summed E-state index contributed by atoms with van der Waals surface area (Å²) in [5, 5.41) is 0.341. The molecule has 2 aromatic heterocycles. The minimum Gasteiger partial charge on any atom is -0.472 e. The number of rotatable bonds is 3. The van der Waals surface area contributed by atoms with Crippen molar-refractivity contribution in [1.82, 2.24) is 0 Å². The summed E-state index contributed by atoms with van der Waals surface area (Å²) in [6, 6.07) is 8.38. The molecule has 0 aliphatic rings. The van der Waals surface area contributed by atoms with Gasteiger partial charge in [-0.05, 0) is 25.1 Å². The van der Waals surface area contributed by atoms with Gasteiger partial charge in [-0.2, -0.15) is 0 Å². The fraction of sp³-hybridized carbons (Fsp3) is 0.125. The zero-order valence-electron chi connectivity index (χ0n) is 11.3. The van der Waals surface area contributed by atoms with E-state index < -0.39 is 11.4 Å². The Bertz CT molecular complexity index is 843. The number of hydrogen-bond acceptors (Lipinski definition) is 5. The van der Waals surface area contributed by atoms with Crippen LogP contribution in [0.1, 0.15) is 17.3 Å². The van der Waals surface area contributed by atoms with Crippen molar-refractivity contribution in [3.05, 3.63) is 58.6 Å². The van der Waals surface area contributed by atoms with Crippen LogP contribution in [0.3, 0.4) is 0 Å². The number of esters is 1. The predicted molar refractivity (Wildman–Crippen MR) is 76.1 cm³/mol. The molecule has 0 atom stereocenters. The number of para-hydroxylation sites is 1. The van der Waals surface area contributed by atoms with Gasteiger partial charge in [0.1, 0.15) is 11.8 Å². The lowest BCUT2D eigenvalue weighted by Crippen LogP contribution is -2.19. The van der Waals surface area contributed by atoms with Gasteiger partial charge in [-0.3, -0.25) is 4.79 Å². The summed E-state index contributed by atoms with van der Waals surface area (Å²) < 4.78 is 15.7. The molecule has 0 aliphatic carbocycles. The molecule has 0 spiro atoms. The number of ether oxygens (including phenoxy) is 1. The van der Waals surface area contributed by atoms with Gasteiger partial charge in [-0.25, -0.2) is 4.79 Å². The highest BCUT2D eigenvalue weighted by atomic mass is 16.5. The van der Waals surface area contributed by atoms with Crippen LogP contribution >= 0.6 is 0 Å². The van der Waals surface area contributed by atoms with E-state index in [-0.39, 0.29) is 17.9 Å². The van der Waals surface area contributed by atoms with Crippen molar-refractivity contribution in [2.24, 2.45) is 0 Å². The van der Waals surface area contributed by atoms with Crippen molar-refractivity contribution in [2.75, 3.05) is 6.61 Å². The van der Waals surface area contributed by atoms with E-state index in [1.54, 1.807) is 37.3 Å². The Hall–Kier alpha value is -2.82. The van der Waals surface area contributed by atoms with Crippen LogP contribution < -0.4 is 5.43 Å². The molecular weight excluding hydrogens is 272 g/mol. The summed E-state index contributed by atoms with van der Waals surface area (Å²) >= 11 is 0. The number of fused-ring (bicyclic) bond motifs is 1. The molecule has 0 unspecified atom stereocenters. The first-order valence-electron chi connectivity index (χ1n) is 6.48. The second-order valence-electron chi connectivity index (χ2n) is 4.36. The second-order valence-corrected chi connectivity index (χ2v) is 4.36. The standard InChI is InChI=1S/C16H12O5/c1-2-20-16(18)13-14(17)11-5-3-4-6-12(11)21-15(13)10-7-8-19-9-10/h3-9H,2H2,1H3.